The number of nitrogens with zero attached hydrogens (tertiary/aromatic N) is 3. The molecular weight excluding hydrogens is 516 g/mol. The first-order valence-corrected chi connectivity index (χ1v) is 15.0. The molecule has 2 aliphatic rings. The first-order chi connectivity index (χ1) is 18.7. The van der Waals surface area contributed by atoms with E-state index in [9.17, 15) is 20.1 Å². The van der Waals surface area contributed by atoms with Gasteiger partial charge in [-0.3, -0.25) is 14.7 Å². The number of benzene rings is 1. The molecule has 10 heteroatoms. The van der Waals surface area contributed by atoms with Crippen LogP contribution in [0.15, 0.2) is 48.8 Å². The van der Waals surface area contributed by atoms with Gasteiger partial charge in [-0.1, -0.05) is 31.5 Å². The molecule has 9 nitrogen and oxygen atoms in total. The van der Waals surface area contributed by atoms with Crippen LogP contribution in [0.25, 0.3) is 11.1 Å². The Labute approximate surface area is 235 Å². The van der Waals surface area contributed by atoms with Crippen LogP contribution in [0.4, 0.5) is 5.69 Å². The minimum Gasteiger partial charge on any atom is -0.388 e. The summed E-state index contributed by atoms with van der Waals surface area (Å²) in [5, 5.41) is 35.1. The lowest BCUT2D eigenvalue weighted by atomic mass is 9.93. The Morgan fingerprint density at radius 1 is 1.18 bits per heavy atom. The molecule has 0 bridgehead atoms. The van der Waals surface area contributed by atoms with Crippen molar-refractivity contribution in [3.8, 4) is 11.1 Å². The monoisotopic (exact) mass is 558 g/mol. The van der Waals surface area contributed by atoms with Crippen molar-refractivity contribution in [1.29, 1.82) is 0 Å². The lowest BCUT2D eigenvalue weighted by Crippen LogP contribution is -2.65. The van der Waals surface area contributed by atoms with Crippen LogP contribution in [0.2, 0.25) is 0 Å². The van der Waals surface area contributed by atoms with E-state index in [2.05, 4.69) is 22.1 Å². The Balaban J connectivity index is 1.54. The van der Waals surface area contributed by atoms with Crippen LogP contribution in [0.5, 0.6) is 0 Å². The molecule has 1 amide bonds. The Morgan fingerprint density at radius 3 is 2.56 bits per heavy atom. The van der Waals surface area contributed by atoms with Crippen LogP contribution in [0.1, 0.15) is 26.2 Å². The van der Waals surface area contributed by atoms with E-state index >= 15 is 0 Å². The van der Waals surface area contributed by atoms with Gasteiger partial charge in [-0.25, -0.2) is 0 Å². The fraction of sp³-hybridized carbons (Fsp3) is 0.586. The maximum Gasteiger partial charge on any atom is 0.237 e. The van der Waals surface area contributed by atoms with Gasteiger partial charge in [0.05, 0.1) is 12.1 Å². The van der Waals surface area contributed by atoms with Gasteiger partial charge >= 0.3 is 0 Å². The molecule has 214 valence electrons. The van der Waals surface area contributed by atoms with E-state index in [1.165, 1.54) is 11.8 Å². The molecule has 8 atom stereocenters. The van der Waals surface area contributed by atoms with E-state index in [1.54, 1.807) is 12.5 Å². The van der Waals surface area contributed by atoms with Crippen LogP contribution in [-0.4, -0.2) is 106 Å². The zero-order chi connectivity index (χ0) is 28.1. The van der Waals surface area contributed by atoms with Crippen molar-refractivity contribution in [2.24, 2.45) is 5.92 Å². The van der Waals surface area contributed by atoms with Gasteiger partial charge in [0.15, 0.2) is 0 Å². The van der Waals surface area contributed by atoms with Gasteiger partial charge in [0.25, 0.3) is 0 Å². The first-order valence-electron chi connectivity index (χ1n) is 13.7. The summed E-state index contributed by atoms with van der Waals surface area (Å²) in [7, 11) is 3.89. The molecule has 2 fully saturated rings. The summed E-state index contributed by atoms with van der Waals surface area (Å²) in [5.74, 6) is 0.364. The smallest absolute Gasteiger partial charge is 0.237 e. The second-order valence-electron chi connectivity index (χ2n) is 10.8. The summed E-state index contributed by atoms with van der Waals surface area (Å²) >= 11 is 1.26. The number of carbonyl (C=O) groups is 1. The molecule has 0 spiro atoms. The zero-order valence-electron chi connectivity index (χ0n) is 23.2. The summed E-state index contributed by atoms with van der Waals surface area (Å²) in [6.45, 7) is 3.37. The van der Waals surface area contributed by atoms with Gasteiger partial charge < -0.3 is 30.3 Å². The van der Waals surface area contributed by atoms with Crippen molar-refractivity contribution >= 4 is 23.4 Å². The fourth-order valence-corrected chi connectivity index (χ4v) is 6.46. The second kappa shape index (κ2) is 13.4. The Kier molecular flexibility index (Phi) is 10.3. The standard InChI is InChI=1S/C29H42N4O5S/c1-5-7-18-14-23(33(3)16-18)28(37)31-22(27-25(35)24(34)26(36)29(38-27)39-4)17-32(2)21-11-9-19(10-12-21)20-8-6-13-30-15-20/h6,8-13,15,18,22-27,29,34-36H,5,7,14,16-17H2,1-4H3,(H,31,37)/t18-,22-,23+,24-,25?,26-,27-,29?/m1/s1. The van der Waals surface area contributed by atoms with Crippen molar-refractivity contribution in [3.05, 3.63) is 48.8 Å². The number of ether oxygens (including phenoxy) is 1. The van der Waals surface area contributed by atoms with Crippen molar-refractivity contribution in [2.45, 2.75) is 68.1 Å². The average Bonchev–Trinajstić information content (AvgIpc) is 3.32. The third-order valence-corrected chi connectivity index (χ3v) is 8.83. The number of hydrogen-bond acceptors (Lipinski definition) is 9. The largest absolute Gasteiger partial charge is 0.388 e. The van der Waals surface area contributed by atoms with Gasteiger partial charge in [-0.05, 0) is 61.4 Å². The van der Waals surface area contributed by atoms with Crippen LogP contribution < -0.4 is 10.2 Å². The molecule has 0 radical (unpaired) electrons. The van der Waals surface area contributed by atoms with Gasteiger partial charge in [0.2, 0.25) is 5.91 Å². The number of thioether (sulfide) groups is 1. The molecule has 1 aromatic heterocycles. The molecule has 39 heavy (non-hydrogen) atoms. The maximum atomic E-state index is 13.6. The van der Waals surface area contributed by atoms with E-state index in [4.69, 9.17) is 4.74 Å². The number of aliphatic hydroxyl groups is 3. The molecule has 4 rings (SSSR count). The van der Waals surface area contributed by atoms with Crippen molar-refractivity contribution < 1.29 is 24.9 Å². The number of carbonyl (C=O) groups excluding carboxylic acids is 1. The molecule has 4 N–H and O–H groups in total. The van der Waals surface area contributed by atoms with E-state index in [-0.39, 0.29) is 11.9 Å². The number of anilines is 1. The maximum absolute atomic E-state index is 13.6. The molecule has 0 aliphatic carbocycles. The van der Waals surface area contributed by atoms with E-state index in [0.29, 0.717) is 12.5 Å². The number of nitrogens with one attached hydrogen (secondary N) is 1. The van der Waals surface area contributed by atoms with E-state index < -0.39 is 35.9 Å². The van der Waals surface area contributed by atoms with Gasteiger partial charge in [-0.2, -0.15) is 0 Å². The Bertz CT molecular complexity index is 1060. The predicted octanol–water partition coefficient (Wildman–Crippen LogP) is 1.96. The molecule has 2 aliphatic heterocycles. The summed E-state index contributed by atoms with van der Waals surface area (Å²) in [5.41, 5.74) is 2.27. The molecule has 3 heterocycles. The number of aromatic nitrogens is 1. The Hall–Kier alpha value is -2.21. The molecular formula is C29H42N4O5S. The molecule has 0 saturated carbocycles. The van der Waals surface area contributed by atoms with E-state index in [0.717, 1.165) is 42.6 Å². The SMILES string of the molecule is CCC[C@@H]1C[C@@H](C(=O)N[C@H](CN(C)c2ccc(-c3cccnc3)cc2)[C@H]2OC(SC)[C@H](O)[C@H](O)C2O)N(C)C1. The number of likely N-dealkylation sites (N-methyl/N-ethyl adjacent to an activating group) is 2. The summed E-state index contributed by atoms with van der Waals surface area (Å²) in [6, 6.07) is 11.1. The van der Waals surface area contributed by atoms with Crippen molar-refractivity contribution in [2.75, 3.05) is 38.3 Å². The third kappa shape index (κ3) is 6.93. The van der Waals surface area contributed by atoms with Gasteiger partial charge in [-0.15, -0.1) is 11.8 Å². The fourth-order valence-electron chi connectivity index (χ4n) is 5.78. The number of pyridine rings is 1. The van der Waals surface area contributed by atoms with Gasteiger partial charge in [0.1, 0.15) is 29.9 Å². The first kappa shape index (κ1) is 29.8. The summed E-state index contributed by atoms with van der Waals surface area (Å²) < 4.78 is 6.10. The highest BCUT2D eigenvalue weighted by molar-refractivity contribution is 7.99. The topological polar surface area (TPSA) is 118 Å². The number of likely N-dealkylation sites (tertiary alicyclic amines) is 1. The molecule has 1 aromatic carbocycles. The van der Waals surface area contributed by atoms with Crippen molar-refractivity contribution in [3.63, 3.8) is 0 Å². The van der Waals surface area contributed by atoms with Crippen LogP contribution in [0.3, 0.4) is 0 Å². The molecule has 2 unspecified atom stereocenters. The quantitative estimate of drug-likeness (QED) is 0.347. The summed E-state index contributed by atoms with van der Waals surface area (Å²) in [6.07, 6.45) is 3.43. The minimum atomic E-state index is -1.38. The second-order valence-corrected chi connectivity index (χ2v) is 11.7. The molecule has 2 saturated heterocycles. The van der Waals surface area contributed by atoms with Crippen LogP contribution in [0, 0.1) is 5.92 Å². The average molecular weight is 559 g/mol. The zero-order valence-corrected chi connectivity index (χ0v) is 24.0. The lowest BCUT2D eigenvalue weighted by Gasteiger charge is -2.44. The van der Waals surface area contributed by atoms with Gasteiger partial charge in [0, 0.05) is 38.2 Å². The third-order valence-electron chi connectivity index (χ3n) is 7.97. The number of amides is 1. The van der Waals surface area contributed by atoms with Crippen LogP contribution >= 0.6 is 11.8 Å². The van der Waals surface area contributed by atoms with E-state index in [1.807, 2.05) is 61.6 Å². The highest BCUT2D eigenvalue weighted by Crippen LogP contribution is 2.31. The minimum absolute atomic E-state index is 0.112. The number of aliphatic hydroxyl groups excluding tert-OH is 3. The highest BCUT2D eigenvalue weighted by atomic mass is 32.2. The predicted molar refractivity (Wildman–Crippen MR) is 155 cm³/mol. The molecule has 2 aromatic rings. The summed E-state index contributed by atoms with van der Waals surface area (Å²) in [4.78, 5) is 21.8. The lowest BCUT2D eigenvalue weighted by molar-refractivity contribution is -0.204. The normalized spacial score (nSPS) is 30.2. The van der Waals surface area contributed by atoms with Crippen LogP contribution in [-0.2, 0) is 9.53 Å². The van der Waals surface area contributed by atoms with Crippen molar-refractivity contribution in [1.82, 2.24) is 15.2 Å². The number of hydrogen-bond donors (Lipinski definition) is 4. The Morgan fingerprint density at radius 2 is 1.92 bits per heavy atom. The number of rotatable bonds is 10. The highest BCUT2D eigenvalue weighted by Gasteiger charge is 2.47.